The summed E-state index contributed by atoms with van der Waals surface area (Å²) >= 11 is 0. The zero-order chi connectivity index (χ0) is 13.7. The van der Waals surface area contributed by atoms with Crippen LogP contribution in [-0.2, 0) is 0 Å². The molecule has 0 aliphatic carbocycles. The predicted octanol–water partition coefficient (Wildman–Crippen LogP) is 3.47. The van der Waals surface area contributed by atoms with Crippen molar-refractivity contribution in [2.24, 2.45) is 0 Å². The fourth-order valence-corrected chi connectivity index (χ4v) is 1.60. The number of hydrogen-bond acceptors (Lipinski definition) is 4. The van der Waals surface area contributed by atoms with Crippen LogP contribution in [-0.4, -0.2) is 21.3 Å². The number of rotatable bonds is 6. The quantitative estimate of drug-likeness (QED) is 0.864. The molecule has 0 aromatic carbocycles. The molecular formula is C14H20N4O. The second kappa shape index (κ2) is 6.22. The molecule has 0 saturated heterocycles. The number of nitrogens with one attached hydrogen (secondary N) is 1. The molecule has 102 valence electrons. The van der Waals surface area contributed by atoms with Crippen molar-refractivity contribution in [2.75, 3.05) is 11.9 Å². The van der Waals surface area contributed by atoms with Gasteiger partial charge in [-0.15, -0.1) is 0 Å². The highest BCUT2D eigenvalue weighted by atomic mass is 16.5. The molecule has 2 aromatic rings. The standard InChI is InChI=1S/C14H20N4O/c1-4-8-15-13-6-5-7-14(17-13)19-12-9-16-18(10-12)11(2)3/h5-7,9-11H,4,8H2,1-3H3,(H,15,17). The first kappa shape index (κ1) is 13.4. The maximum Gasteiger partial charge on any atom is 0.221 e. The Kier molecular flexibility index (Phi) is 4.39. The van der Waals surface area contributed by atoms with Crippen LogP contribution >= 0.6 is 0 Å². The summed E-state index contributed by atoms with van der Waals surface area (Å²) in [7, 11) is 0. The molecule has 0 fully saturated rings. The van der Waals surface area contributed by atoms with Gasteiger partial charge in [-0.1, -0.05) is 13.0 Å². The van der Waals surface area contributed by atoms with Crippen LogP contribution in [0.25, 0.3) is 0 Å². The summed E-state index contributed by atoms with van der Waals surface area (Å²) in [6, 6.07) is 6.01. The van der Waals surface area contributed by atoms with Crippen molar-refractivity contribution < 1.29 is 4.74 Å². The molecular weight excluding hydrogens is 240 g/mol. The minimum atomic E-state index is 0.322. The maximum absolute atomic E-state index is 5.70. The van der Waals surface area contributed by atoms with Crippen molar-refractivity contribution in [3.63, 3.8) is 0 Å². The van der Waals surface area contributed by atoms with E-state index in [1.165, 1.54) is 0 Å². The molecule has 5 heteroatoms. The number of nitrogens with zero attached hydrogens (tertiary/aromatic N) is 3. The van der Waals surface area contributed by atoms with Crippen molar-refractivity contribution in [2.45, 2.75) is 33.2 Å². The van der Waals surface area contributed by atoms with Crippen molar-refractivity contribution in [1.29, 1.82) is 0 Å². The van der Waals surface area contributed by atoms with Crippen LogP contribution in [0.2, 0.25) is 0 Å². The Hall–Kier alpha value is -2.04. The third-order valence-corrected chi connectivity index (χ3v) is 2.61. The molecule has 0 atom stereocenters. The van der Waals surface area contributed by atoms with Gasteiger partial charge in [-0.3, -0.25) is 4.68 Å². The van der Waals surface area contributed by atoms with E-state index in [-0.39, 0.29) is 0 Å². The van der Waals surface area contributed by atoms with Crippen LogP contribution in [0.4, 0.5) is 5.82 Å². The van der Waals surface area contributed by atoms with E-state index in [4.69, 9.17) is 4.74 Å². The molecule has 1 N–H and O–H groups in total. The van der Waals surface area contributed by atoms with E-state index in [9.17, 15) is 0 Å². The molecule has 2 heterocycles. The van der Waals surface area contributed by atoms with Gasteiger partial charge in [0.05, 0.1) is 12.4 Å². The Bertz CT molecular complexity index is 522. The number of aromatic nitrogens is 3. The van der Waals surface area contributed by atoms with E-state index in [1.807, 2.05) is 29.1 Å². The van der Waals surface area contributed by atoms with Gasteiger partial charge in [0.15, 0.2) is 5.75 Å². The Labute approximate surface area is 113 Å². The lowest BCUT2D eigenvalue weighted by atomic mass is 10.4. The first-order valence-electron chi connectivity index (χ1n) is 6.62. The predicted molar refractivity (Wildman–Crippen MR) is 75.7 cm³/mol. The monoisotopic (exact) mass is 260 g/mol. The van der Waals surface area contributed by atoms with E-state index >= 15 is 0 Å². The van der Waals surface area contributed by atoms with Gasteiger partial charge in [0, 0.05) is 18.7 Å². The van der Waals surface area contributed by atoms with Gasteiger partial charge in [-0.2, -0.15) is 10.1 Å². The Morgan fingerprint density at radius 2 is 2.21 bits per heavy atom. The minimum absolute atomic E-state index is 0.322. The normalized spacial score (nSPS) is 10.7. The summed E-state index contributed by atoms with van der Waals surface area (Å²) in [5.41, 5.74) is 0. The molecule has 0 aliphatic heterocycles. The van der Waals surface area contributed by atoms with Crippen molar-refractivity contribution >= 4 is 5.82 Å². The fourth-order valence-electron chi connectivity index (χ4n) is 1.60. The average molecular weight is 260 g/mol. The number of ether oxygens (including phenoxy) is 1. The molecule has 0 bridgehead atoms. The van der Waals surface area contributed by atoms with E-state index in [0.29, 0.717) is 17.7 Å². The zero-order valence-electron chi connectivity index (χ0n) is 11.6. The van der Waals surface area contributed by atoms with Gasteiger partial charge in [-0.05, 0) is 26.3 Å². The summed E-state index contributed by atoms with van der Waals surface area (Å²) in [5, 5.41) is 7.46. The van der Waals surface area contributed by atoms with E-state index in [2.05, 4.69) is 36.2 Å². The summed E-state index contributed by atoms with van der Waals surface area (Å²) in [4.78, 5) is 4.39. The van der Waals surface area contributed by atoms with Crippen LogP contribution in [0.5, 0.6) is 11.6 Å². The smallest absolute Gasteiger partial charge is 0.221 e. The van der Waals surface area contributed by atoms with E-state index < -0.39 is 0 Å². The van der Waals surface area contributed by atoms with Crippen molar-refractivity contribution in [1.82, 2.24) is 14.8 Å². The van der Waals surface area contributed by atoms with Crippen LogP contribution in [0.3, 0.4) is 0 Å². The highest BCUT2D eigenvalue weighted by Gasteiger charge is 2.05. The Morgan fingerprint density at radius 1 is 1.37 bits per heavy atom. The van der Waals surface area contributed by atoms with E-state index in [0.717, 1.165) is 18.8 Å². The SMILES string of the molecule is CCCNc1cccc(Oc2cnn(C(C)C)c2)n1. The molecule has 0 saturated carbocycles. The number of hydrogen-bond donors (Lipinski definition) is 1. The van der Waals surface area contributed by atoms with Gasteiger partial charge in [0.25, 0.3) is 0 Å². The molecule has 2 rings (SSSR count). The maximum atomic E-state index is 5.70. The molecule has 2 aromatic heterocycles. The first-order valence-corrected chi connectivity index (χ1v) is 6.62. The Morgan fingerprint density at radius 3 is 2.89 bits per heavy atom. The summed E-state index contributed by atoms with van der Waals surface area (Å²) in [6.07, 6.45) is 4.64. The average Bonchev–Trinajstić information content (AvgIpc) is 2.85. The molecule has 0 amide bonds. The number of pyridine rings is 1. The lowest BCUT2D eigenvalue weighted by Gasteiger charge is -2.06. The highest BCUT2D eigenvalue weighted by molar-refractivity contribution is 5.37. The lowest BCUT2D eigenvalue weighted by Crippen LogP contribution is -2.02. The van der Waals surface area contributed by atoms with Gasteiger partial charge in [0.1, 0.15) is 5.82 Å². The highest BCUT2D eigenvalue weighted by Crippen LogP contribution is 2.21. The zero-order valence-corrected chi connectivity index (χ0v) is 11.6. The van der Waals surface area contributed by atoms with Gasteiger partial charge in [0.2, 0.25) is 5.88 Å². The largest absolute Gasteiger partial charge is 0.436 e. The van der Waals surface area contributed by atoms with Gasteiger partial charge in [-0.25, -0.2) is 0 Å². The third kappa shape index (κ3) is 3.71. The van der Waals surface area contributed by atoms with Crippen molar-refractivity contribution in [3.8, 4) is 11.6 Å². The molecule has 0 radical (unpaired) electrons. The molecule has 19 heavy (non-hydrogen) atoms. The van der Waals surface area contributed by atoms with Crippen LogP contribution in [0.1, 0.15) is 33.2 Å². The lowest BCUT2D eigenvalue weighted by molar-refractivity contribution is 0.459. The van der Waals surface area contributed by atoms with Crippen LogP contribution in [0, 0.1) is 0 Å². The second-order valence-corrected chi connectivity index (χ2v) is 4.64. The topological polar surface area (TPSA) is 52.0 Å². The Balaban J connectivity index is 2.05. The van der Waals surface area contributed by atoms with Gasteiger partial charge >= 0.3 is 0 Å². The second-order valence-electron chi connectivity index (χ2n) is 4.64. The first-order chi connectivity index (χ1) is 9.19. The molecule has 5 nitrogen and oxygen atoms in total. The summed E-state index contributed by atoms with van der Waals surface area (Å²) in [6.45, 7) is 7.17. The summed E-state index contributed by atoms with van der Waals surface area (Å²) in [5.74, 6) is 2.11. The molecule has 0 aliphatic rings. The van der Waals surface area contributed by atoms with Gasteiger partial charge < -0.3 is 10.1 Å². The number of anilines is 1. The van der Waals surface area contributed by atoms with Crippen LogP contribution < -0.4 is 10.1 Å². The van der Waals surface area contributed by atoms with Crippen molar-refractivity contribution in [3.05, 3.63) is 30.6 Å². The third-order valence-electron chi connectivity index (χ3n) is 2.61. The minimum Gasteiger partial charge on any atom is -0.436 e. The molecule has 0 unspecified atom stereocenters. The molecule has 0 spiro atoms. The van der Waals surface area contributed by atoms with E-state index in [1.54, 1.807) is 6.20 Å². The summed E-state index contributed by atoms with van der Waals surface area (Å²) < 4.78 is 7.55. The fraction of sp³-hybridized carbons (Fsp3) is 0.429. The van der Waals surface area contributed by atoms with Crippen LogP contribution in [0.15, 0.2) is 30.6 Å².